The summed E-state index contributed by atoms with van der Waals surface area (Å²) in [5, 5.41) is 7.21. The first kappa shape index (κ1) is 16.8. The van der Waals surface area contributed by atoms with Crippen LogP contribution in [0.25, 0.3) is 5.69 Å². The third-order valence-electron chi connectivity index (χ3n) is 3.30. The van der Waals surface area contributed by atoms with Gasteiger partial charge in [0.15, 0.2) is 5.82 Å². The fraction of sp³-hybridized carbons (Fsp3) is 0.111. The summed E-state index contributed by atoms with van der Waals surface area (Å²) in [6.45, 7) is 0. The Morgan fingerprint density at radius 1 is 1.08 bits per heavy atom. The number of amides is 1. The van der Waals surface area contributed by atoms with Crippen LogP contribution in [-0.2, 0) is 4.79 Å². The first-order valence-electron chi connectivity index (χ1n) is 7.50. The summed E-state index contributed by atoms with van der Waals surface area (Å²) < 4.78 is 2.79. The molecule has 122 valence electrons. The minimum atomic E-state index is -0.0344. The van der Waals surface area contributed by atoms with Gasteiger partial charge in [0, 0.05) is 33.8 Å². The number of para-hydroxylation sites is 1. The van der Waals surface area contributed by atoms with E-state index in [1.54, 1.807) is 22.5 Å². The molecule has 24 heavy (non-hydrogen) atoms. The molecule has 1 amide bonds. The maximum atomic E-state index is 12.0. The maximum absolute atomic E-state index is 12.0. The van der Waals surface area contributed by atoms with E-state index in [-0.39, 0.29) is 5.91 Å². The molecule has 1 aromatic heterocycles. The van der Waals surface area contributed by atoms with Crippen LogP contribution in [0.15, 0.2) is 76.2 Å². The Morgan fingerprint density at radius 2 is 1.83 bits per heavy atom. The molecule has 0 bridgehead atoms. The summed E-state index contributed by atoms with van der Waals surface area (Å²) in [5.41, 5.74) is 0.961. The Bertz CT molecular complexity index is 820. The third-order valence-corrected chi connectivity index (χ3v) is 5.33. The van der Waals surface area contributed by atoms with Gasteiger partial charge in [-0.05, 0) is 40.2 Å². The second-order valence-corrected chi connectivity index (χ2v) is 7.05. The molecule has 0 saturated heterocycles. The smallest absolute Gasteiger partial charge is 0.226 e. The molecule has 0 aliphatic heterocycles. The van der Waals surface area contributed by atoms with Crippen molar-refractivity contribution in [2.75, 3.05) is 11.1 Å². The molecule has 1 heterocycles. The van der Waals surface area contributed by atoms with Crippen molar-refractivity contribution in [3.63, 3.8) is 0 Å². The van der Waals surface area contributed by atoms with Gasteiger partial charge in [-0.1, -0.05) is 30.3 Å². The highest BCUT2D eigenvalue weighted by molar-refractivity contribution is 9.10. The number of nitrogens with one attached hydrogen (secondary N) is 1. The molecular formula is C18H16BrN3OS. The van der Waals surface area contributed by atoms with Crippen LogP contribution in [0.1, 0.15) is 6.42 Å². The number of hydrogen-bond acceptors (Lipinski definition) is 3. The third kappa shape index (κ3) is 4.49. The van der Waals surface area contributed by atoms with Crippen LogP contribution >= 0.6 is 27.7 Å². The molecule has 3 rings (SSSR count). The minimum absolute atomic E-state index is 0.0344. The van der Waals surface area contributed by atoms with E-state index in [0.29, 0.717) is 18.0 Å². The van der Waals surface area contributed by atoms with Gasteiger partial charge < -0.3 is 5.32 Å². The van der Waals surface area contributed by atoms with Crippen LogP contribution in [0.3, 0.4) is 0 Å². The van der Waals surface area contributed by atoms with Crippen molar-refractivity contribution in [2.24, 2.45) is 0 Å². The van der Waals surface area contributed by atoms with Crippen LogP contribution in [0.4, 0.5) is 5.82 Å². The van der Waals surface area contributed by atoms with Gasteiger partial charge in [0.25, 0.3) is 0 Å². The normalized spacial score (nSPS) is 10.5. The van der Waals surface area contributed by atoms with Gasteiger partial charge in [0.1, 0.15) is 0 Å². The molecule has 3 aromatic rings. The van der Waals surface area contributed by atoms with Crippen LogP contribution in [0.2, 0.25) is 0 Å². The quantitative estimate of drug-likeness (QED) is 0.605. The zero-order valence-corrected chi connectivity index (χ0v) is 15.3. The summed E-state index contributed by atoms with van der Waals surface area (Å²) in [6, 6.07) is 19.6. The Kier molecular flexibility index (Phi) is 5.72. The standard InChI is InChI=1S/C18H16BrN3OS/c19-15-8-4-5-9-16(15)24-13-11-18(23)20-17-10-12-22(21-17)14-6-2-1-3-7-14/h1-10,12H,11,13H2,(H,20,21,23). The highest BCUT2D eigenvalue weighted by Gasteiger charge is 2.07. The number of thioether (sulfide) groups is 1. The van der Waals surface area contributed by atoms with Gasteiger partial charge in [0.05, 0.1) is 5.69 Å². The van der Waals surface area contributed by atoms with Crippen LogP contribution in [0.5, 0.6) is 0 Å². The molecule has 0 fully saturated rings. The van der Waals surface area contributed by atoms with Crippen molar-refractivity contribution in [1.82, 2.24) is 9.78 Å². The van der Waals surface area contributed by atoms with Crippen molar-refractivity contribution in [3.8, 4) is 5.69 Å². The van der Waals surface area contributed by atoms with E-state index in [0.717, 1.165) is 15.1 Å². The van der Waals surface area contributed by atoms with Crippen molar-refractivity contribution < 1.29 is 4.79 Å². The summed E-state index contributed by atoms with van der Waals surface area (Å²) >= 11 is 5.16. The lowest BCUT2D eigenvalue weighted by atomic mass is 10.3. The van der Waals surface area contributed by atoms with E-state index in [2.05, 4.69) is 26.3 Å². The van der Waals surface area contributed by atoms with Gasteiger partial charge in [0.2, 0.25) is 5.91 Å². The molecule has 1 N–H and O–H groups in total. The Morgan fingerprint density at radius 3 is 2.62 bits per heavy atom. The van der Waals surface area contributed by atoms with E-state index < -0.39 is 0 Å². The van der Waals surface area contributed by atoms with Crippen LogP contribution in [0, 0.1) is 0 Å². The predicted molar refractivity (Wildman–Crippen MR) is 102 cm³/mol. The number of halogens is 1. The number of carbonyl (C=O) groups is 1. The van der Waals surface area contributed by atoms with Gasteiger partial charge in [-0.3, -0.25) is 4.79 Å². The average molecular weight is 402 g/mol. The molecular weight excluding hydrogens is 386 g/mol. The topological polar surface area (TPSA) is 46.9 Å². The molecule has 0 aliphatic rings. The van der Waals surface area contributed by atoms with Crippen molar-refractivity contribution >= 4 is 39.4 Å². The minimum Gasteiger partial charge on any atom is -0.309 e. The van der Waals surface area contributed by atoms with Crippen molar-refractivity contribution in [3.05, 3.63) is 71.3 Å². The van der Waals surface area contributed by atoms with Crippen molar-refractivity contribution in [1.29, 1.82) is 0 Å². The Labute approximate surface area is 153 Å². The number of carbonyl (C=O) groups excluding carboxylic acids is 1. The summed E-state index contributed by atoms with van der Waals surface area (Å²) in [7, 11) is 0. The number of hydrogen-bond donors (Lipinski definition) is 1. The Hall–Kier alpha value is -2.05. The number of nitrogens with zero attached hydrogens (tertiary/aromatic N) is 2. The lowest BCUT2D eigenvalue weighted by Gasteiger charge is -2.04. The molecule has 0 unspecified atom stereocenters. The van der Waals surface area contributed by atoms with Gasteiger partial charge >= 0.3 is 0 Å². The molecule has 6 heteroatoms. The maximum Gasteiger partial charge on any atom is 0.226 e. The van der Waals surface area contributed by atoms with E-state index in [9.17, 15) is 4.79 Å². The number of anilines is 1. The van der Waals surface area contributed by atoms with Crippen LogP contribution < -0.4 is 5.32 Å². The zero-order valence-electron chi connectivity index (χ0n) is 12.9. The van der Waals surface area contributed by atoms with E-state index >= 15 is 0 Å². The SMILES string of the molecule is O=C(CCSc1ccccc1Br)Nc1ccn(-c2ccccc2)n1. The summed E-state index contributed by atoms with van der Waals surface area (Å²) in [6.07, 6.45) is 2.27. The lowest BCUT2D eigenvalue weighted by molar-refractivity contribution is -0.115. The van der Waals surface area contributed by atoms with E-state index in [1.807, 2.05) is 60.8 Å². The van der Waals surface area contributed by atoms with E-state index in [1.165, 1.54) is 0 Å². The fourth-order valence-electron chi connectivity index (χ4n) is 2.14. The zero-order chi connectivity index (χ0) is 16.8. The number of aromatic nitrogens is 2. The highest BCUT2D eigenvalue weighted by atomic mass is 79.9. The molecule has 0 spiro atoms. The second-order valence-electron chi connectivity index (χ2n) is 5.06. The van der Waals surface area contributed by atoms with Crippen LogP contribution in [-0.4, -0.2) is 21.4 Å². The van der Waals surface area contributed by atoms with Crippen molar-refractivity contribution in [2.45, 2.75) is 11.3 Å². The number of rotatable bonds is 6. The fourth-order valence-corrected chi connectivity index (χ4v) is 3.65. The average Bonchev–Trinajstić information content (AvgIpc) is 3.06. The molecule has 0 aliphatic carbocycles. The lowest BCUT2D eigenvalue weighted by Crippen LogP contribution is -2.13. The summed E-state index contributed by atoms with van der Waals surface area (Å²) in [5.74, 6) is 1.25. The molecule has 2 aromatic carbocycles. The molecule has 0 atom stereocenters. The second kappa shape index (κ2) is 8.17. The van der Waals surface area contributed by atoms with Gasteiger partial charge in [-0.15, -0.1) is 11.8 Å². The molecule has 0 saturated carbocycles. The molecule has 0 radical (unpaired) electrons. The Balaban J connectivity index is 1.51. The number of benzene rings is 2. The first-order valence-corrected chi connectivity index (χ1v) is 9.28. The largest absolute Gasteiger partial charge is 0.309 e. The first-order chi connectivity index (χ1) is 11.7. The van der Waals surface area contributed by atoms with E-state index in [4.69, 9.17) is 0 Å². The monoisotopic (exact) mass is 401 g/mol. The highest BCUT2D eigenvalue weighted by Crippen LogP contribution is 2.27. The molecule has 4 nitrogen and oxygen atoms in total. The van der Waals surface area contributed by atoms with Gasteiger partial charge in [-0.25, -0.2) is 4.68 Å². The summed E-state index contributed by atoms with van der Waals surface area (Å²) in [4.78, 5) is 13.2. The predicted octanol–water partition coefficient (Wildman–Crippen LogP) is 4.76. The van der Waals surface area contributed by atoms with Gasteiger partial charge in [-0.2, -0.15) is 5.10 Å².